The molecule has 25 heavy (non-hydrogen) atoms. The van der Waals surface area contributed by atoms with Crippen LogP contribution in [-0.4, -0.2) is 45.8 Å². The molecule has 0 bridgehead atoms. The van der Waals surface area contributed by atoms with E-state index >= 15 is 0 Å². The van der Waals surface area contributed by atoms with Crippen LogP contribution in [0.3, 0.4) is 0 Å². The van der Waals surface area contributed by atoms with Crippen molar-refractivity contribution in [3.05, 3.63) is 36.0 Å². The molecular weight excluding hydrogens is 316 g/mol. The predicted octanol–water partition coefficient (Wildman–Crippen LogP) is 1.07. The number of hydrogen-bond acceptors (Lipinski definition) is 5. The summed E-state index contributed by atoms with van der Waals surface area (Å²) in [6.45, 7) is 3.48. The zero-order valence-electron chi connectivity index (χ0n) is 14.9. The van der Waals surface area contributed by atoms with E-state index in [0.717, 1.165) is 30.7 Å². The average molecular weight is 342 g/mol. The Morgan fingerprint density at radius 1 is 1.16 bits per heavy atom. The number of piperidine rings is 1. The maximum Gasteiger partial charge on any atom is 0.191 e. The van der Waals surface area contributed by atoms with E-state index in [-0.39, 0.29) is 0 Å². The maximum atomic E-state index is 4.52. The normalized spacial score (nSPS) is 15.3. The van der Waals surface area contributed by atoms with Crippen LogP contribution >= 0.6 is 0 Å². The van der Waals surface area contributed by atoms with Gasteiger partial charge in [0.15, 0.2) is 5.96 Å². The molecule has 0 amide bonds. The third kappa shape index (κ3) is 4.68. The second-order valence-corrected chi connectivity index (χ2v) is 6.15. The number of hydrogen-bond donors (Lipinski definition) is 2. The van der Waals surface area contributed by atoms with Crippen LogP contribution in [0.4, 0.5) is 5.82 Å². The van der Waals surface area contributed by atoms with Crippen LogP contribution in [0.1, 0.15) is 30.7 Å². The van der Waals surface area contributed by atoms with Crippen molar-refractivity contribution in [2.75, 3.05) is 25.0 Å². The Labute approximate surface area is 148 Å². The molecule has 0 atom stereocenters. The molecule has 134 valence electrons. The third-order valence-corrected chi connectivity index (χ3v) is 4.39. The third-order valence-electron chi connectivity index (χ3n) is 4.39. The molecule has 1 aliphatic rings. The van der Waals surface area contributed by atoms with E-state index in [9.17, 15) is 0 Å². The molecular formula is C17H26N8. The molecule has 2 N–H and O–H groups in total. The summed E-state index contributed by atoms with van der Waals surface area (Å²) in [4.78, 5) is 15.3. The summed E-state index contributed by atoms with van der Waals surface area (Å²) in [6, 6.07) is 4.20. The van der Waals surface area contributed by atoms with Crippen molar-refractivity contribution in [3.63, 3.8) is 0 Å². The Morgan fingerprint density at radius 3 is 2.68 bits per heavy atom. The first-order valence-corrected chi connectivity index (χ1v) is 8.73. The van der Waals surface area contributed by atoms with Gasteiger partial charge in [0.25, 0.3) is 0 Å². The second kappa shape index (κ2) is 8.46. The lowest BCUT2D eigenvalue weighted by atomic mass is 10.1. The number of aromatic nitrogens is 4. The van der Waals surface area contributed by atoms with Crippen LogP contribution in [-0.2, 0) is 20.1 Å². The van der Waals surface area contributed by atoms with E-state index < -0.39 is 0 Å². The highest BCUT2D eigenvalue weighted by atomic mass is 15.3. The molecule has 0 unspecified atom stereocenters. The maximum absolute atomic E-state index is 4.52. The number of nitrogens with zero attached hydrogens (tertiary/aromatic N) is 6. The first kappa shape index (κ1) is 17.2. The minimum absolute atomic E-state index is 0.575. The van der Waals surface area contributed by atoms with E-state index in [4.69, 9.17) is 0 Å². The summed E-state index contributed by atoms with van der Waals surface area (Å²) in [6.07, 6.45) is 7.26. The Bertz CT molecular complexity index is 702. The Morgan fingerprint density at radius 2 is 1.96 bits per heavy atom. The summed E-state index contributed by atoms with van der Waals surface area (Å²) in [7, 11) is 3.64. The molecule has 0 aliphatic carbocycles. The molecule has 1 saturated heterocycles. The van der Waals surface area contributed by atoms with Crippen molar-refractivity contribution < 1.29 is 0 Å². The van der Waals surface area contributed by atoms with Gasteiger partial charge >= 0.3 is 0 Å². The second-order valence-electron chi connectivity index (χ2n) is 6.15. The van der Waals surface area contributed by atoms with Gasteiger partial charge in [-0.1, -0.05) is 0 Å². The topological polar surface area (TPSA) is 83.3 Å². The molecule has 0 spiro atoms. The number of aryl methyl sites for hydroxylation is 1. The van der Waals surface area contributed by atoms with E-state index in [1.54, 1.807) is 18.1 Å². The highest BCUT2D eigenvalue weighted by Crippen LogP contribution is 2.18. The predicted molar refractivity (Wildman–Crippen MR) is 98.3 cm³/mol. The van der Waals surface area contributed by atoms with Crippen molar-refractivity contribution in [2.24, 2.45) is 12.0 Å². The molecule has 3 heterocycles. The van der Waals surface area contributed by atoms with E-state index in [1.807, 2.05) is 19.3 Å². The van der Waals surface area contributed by atoms with Crippen LogP contribution in [0.15, 0.2) is 29.6 Å². The van der Waals surface area contributed by atoms with Gasteiger partial charge < -0.3 is 15.5 Å². The van der Waals surface area contributed by atoms with Crippen molar-refractivity contribution in [2.45, 2.75) is 32.4 Å². The molecule has 0 saturated carbocycles. The lowest BCUT2D eigenvalue weighted by Crippen LogP contribution is -2.37. The van der Waals surface area contributed by atoms with Crippen LogP contribution in [0.25, 0.3) is 0 Å². The van der Waals surface area contributed by atoms with Crippen LogP contribution in [0.5, 0.6) is 0 Å². The Kier molecular flexibility index (Phi) is 5.81. The van der Waals surface area contributed by atoms with Gasteiger partial charge in [-0.15, -0.1) is 0 Å². The fraction of sp³-hybridized carbons (Fsp3) is 0.529. The molecule has 1 aliphatic heterocycles. The molecule has 0 aromatic carbocycles. The summed E-state index contributed by atoms with van der Waals surface area (Å²) in [5, 5.41) is 10.6. The molecule has 3 rings (SSSR count). The number of nitrogens with one attached hydrogen (secondary N) is 2. The molecule has 2 aromatic heterocycles. The standard InChI is InChI=1S/C17H26N8/c1-18-17(21-12-16-22-13-23-24(16)2)20-11-14-6-7-19-15(10-14)25-8-4-3-5-9-25/h6-7,10,13H,3-5,8-9,11-12H2,1-2H3,(H2,18,20,21). The quantitative estimate of drug-likeness (QED) is 0.625. The van der Waals surface area contributed by atoms with Gasteiger partial charge in [-0.2, -0.15) is 5.10 Å². The van der Waals surface area contributed by atoms with Crippen LogP contribution in [0.2, 0.25) is 0 Å². The summed E-state index contributed by atoms with van der Waals surface area (Å²) < 4.78 is 1.74. The first-order chi connectivity index (χ1) is 12.3. The van der Waals surface area contributed by atoms with Gasteiger partial charge in [0.05, 0.1) is 6.54 Å². The number of pyridine rings is 1. The van der Waals surface area contributed by atoms with Crippen LogP contribution in [0, 0.1) is 0 Å². The summed E-state index contributed by atoms with van der Waals surface area (Å²) in [5.74, 6) is 2.67. The largest absolute Gasteiger partial charge is 0.357 e. The molecule has 8 nitrogen and oxygen atoms in total. The van der Waals surface area contributed by atoms with Crippen molar-refractivity contribution >= 4 is 11.8 Å². The first-order valence-electron chi connectivity index (χ1n) is 8.73. The number of anilines is 1. The van der Waals surface area contributed by atoms with Gasteiger partial charge in [0, 0.05) is 39.9 Å². The number of rotatable bonds is 5. The highest BCUT2D eigenvalue weighted by molar-refractivity contribution is 5.79. The fourth-order valence-corrected chi connectivity index (χ4v) is 2.92. The zero-order valence-corrected chi connectivity index (χ0v) is 14.9. The van der Waals surface area contributed by atoms with Crippen molar-refractivity contribution in [3.8, 4) is 0 Å². The van der Waals surface area contributed by atoms with Crippen molar-refractivity contribution in [1.82, 2.24) is 30.4 Å². The average Bonchev–Trinajstić information content (AvgIpc) is 3.08. The SMILES string of the molecule is CN=C(NCc1ccnc(N2CCCCC2)c1)NCc1ncnn1C. The molecule has 1 fully saturated rings. The smallest absolute Gasteiger partial charge is 0.191 e. The lowest BCUT2D eigenvalue weighted by molar-refractivity contribution is 0.573. The number of aliphatic imine (C=N–C) groups is 1. The minimum atomic E-state index is 0.575. The lowest BCUT2D eigenvalue weighted by Gasteiger charge is -2.28. The fourth-order valence-electron chi connectivity index (χ4n) is 2.92. The van der Waals surface area contributed by atoms with Crippen molar-refractivity contribution in [1.29, 1.82) is 0 Å². The molecule has 0 radical (unpaired) electrons. The summed E-state index contributed by atoms with van der Waals surface area (Å²) in [5.41, 5.74) is 1.19. The van der Waals surface area contributed by atoms with E-state index in [1.165, 1.54) is 24.8 Å². The monoisotopic (exact) mass is 342 g/mol. The zero-order chi connectivity index (χ0) is 17.5. The summed E-state index contributed by atoms with van der Waals surface area (Å²) >= 11 is 0. The highest BCUT2D eigenvalue weighted by Gasteiger charge is 2.12. The Balaban J connectivity index is 1.53. The minimum Gasteiger partial charge on any atom is -0.357 e. The van der Waals surface area contributed by atoms with Gasteiger partial charge in [0.2, 0.25) is 0 Å². The molecule has 8 heteroatoms. The van der Waals surface area contributed by atoms with Gasteiger partial charge in [0.1, 0.15) is 18.0 Å². The Hall–Kier alpha value is -2.64. The van der Waals surface area contributed by atoms with Gasteiger partial charge in [-0.25, -0.2) is 9.97 Å². The molecule has 2 aromatic rings. The number of guanidine groups is 1. The van der Waals surface area contributed by atoms with Gasteiger partial charge in [-0.3, -0.25) is 9.67 Å². The van der Waals surface area contributed by atoms with E-state index in [0.29, 0.717) is 13.1 Å². The van der Waals surface area contributed by atoms with Gasteiger partial charge in [-0.05, 0) is 37.0 Å². The van der Waals surface area contributed by atoms with E-state index in [2.05, 4.69) is 41.7 Å². The van der Waals surface area contributed by atoms with Crippen LogP contribution < -0.4 is 15.5 Å².